The molecule has 0 aromatic heterocycles. The number of aliphatic hydroxyl groups excluding tert-OH is 4. The van der Waals surface area contributed by atoms with Crippen molar-refractivity contribution >= 4 is 6.21 Å². The summed E-state index contributed by atoms with van der Waals surface area (Å²) in [5.74, 6) is 1.23. The Bertz CT molecular complexity index is 564. The molecular weight excluding hydrogens is 294 g/mol. The molecule has 0 spiro atoms. The molecule has 0 saturated carbocycles. The minimum atomic E-state index is -1.42. The van der Waals surface area contributed by atoms with Gasteiger partial charge in [-0.25, -0.2) is 0 Å². The maximum Gasteiger partial charge on any atom is 0.231 e. The second-order valence-corrected chi connectivity index (χ2v) is 5.11. The molecule has 1 aromatic rings. The summed E-state index contributed by atoms with van der Waals surface area (Å²) in [6.07, 6.45) is -3.68. The number of fused-ring (bicyclic) bond motifs is 1. The summed E-state index contributed by atoms with van der Waals surface area (Å²) in [6, 6.07) is 4.13. The lowest BCUT2D eigenvalue weighted by Crippen LogP contribution is -2.57. The van der Waals surface area contributed by atoms with Crippen LogP contribution in [-0.2, 0) is 4.74 Å². The van der Waals surface area contributed by atoms with Crippen LogP contribution in [0.3, 0.4) is 0 Å². The smallest absolute Gasteiger partial charge is 0.231 e. The van der Waals surface area contributed by atoms with Crippen LogP contribution in [0.1, 0.15) is 5.56 Å². The standard InChI is InChI=1S/C14H17NO7/c16-5-10-12(17)13(18)11(14(19)22-10)15-4-7-1-2-8-9(3-7)21-6-20-8/h1-4,10-14,16-19H,5-6H2/t10?,11-,12-,13-,14-/m1/s1. The van der Waals surface area contributed by atoms with Gasteiger partial charge in [-0.3, -0.25) is 4.99 Å². The maximum atomic E-state index is 9.98. The van der Waals surface area contributed by atoms with Crippen molar-refractivity contribution in [2.24, 2.45) is 4.99 Å². The number of aliphatic hydroxyl groups is 4. The molecule has 22 heavy (non-hydrogen) atoms. The predicted molar refractivity (Wildman–Crippen MR) is 73.9 cm³/mol. The van der Waals surface area contributed by atoms with Crippen LogP contribution in [0, 0.1) is 0 Å². The number of hydrogen-bond acceptors (Lipinski definition) is 8. The van der Waals surface area contributed by atoms with Crippen LogP contribution in [0.2, 0.25) is 0 Å². The van der Waals surface area contributed by atoms with Crippen LogP contribution in [0.4, 0.5) is 0 Å². The first kappa shape index (κ1) is 15.2. The van der Waals surface area contributed by atoms with Crippen molar-refractivity contribution < 1.29 is 34.6 Å². The van der Waals surface area contributed by atoms with E-state index in [0.29, 0.717) is 17.1 Å². The third kappa shape index (κ3) is 2.79. The number of aliphatic imine (C=N–C) groups is 1. The predicted octanol–water partition coefficient (Wildman–Crippen LogP) is -1.37. The Labute approximate surface area is 126 Å². The van der Waals surface area contributed by atoms with Crippen molar-refractivity contribution in [3.8, 4) is 11.5 Å². The highest BCUT2D eigenvalue weighted by molar-refractivity contribution is 5.81. The van der Waals surface area contributed by atoms with Crippen molar-refractivity contribution in [1.29, 1.82) is 0 Å². The second kappa shape index (κ2) is 6.19. The first-order valence-corrected chi connectivity index (χ1v) is 6.83. The number of ether oxygens (including phenoxy) is 3. The quantitative estimate of drug-likeness (QED) is 0.508. The fourth-order valence-corrected chi connectivity index (χ4v) is 2.41. The van der Waals surface area contributed by atoms with Crippen molar-refractivity contribution in [3.63, 3.8) is 0 Å². The second-order valence-electron chi connectivity index (χ2n) is 5.11. The average Bonchev–Trinajstić information content (AvgIpc) is 2.98. The van der Waals surface area contributed by atoms with Gasteiger partial charge in [0, 0.05) is 6.21 Å². The van der Waals surface area contributed by atoms with Crippen molar-refractivity contribution in [2.75, 3.05) is 13.4 Å². The summed E-state index contributed by atoms with van der Waals surface area (Å²) >= 11 is 0. The monoisotopic (exact) mass is 311 g/mol. The zero-order valence-corrected chi connectivity index (χ0v) is 11.6. The fourth-order valence-electron chi connectivity index (χ4n) is 2.41. The molecular formula is C14H17NO7. The molecule has 0 amide bonds. The third-order valence-corrected chi connectivity index (χ3v) is 3.66. The van der Waals surface area contributed by atoms with Gasteiger partial charge >= 0.3 is 0 Å². The van der Waals surface area contributed by atoms with Crippen LogP contribution in [0.15, 0.2) is 23.2 Å². The number of rotatable bonds is 3. The maximum absolute atomic E-state index is 9.98. The molecule has 3 rings (SSSR count). The number of benzene rings is 1. The van der Waals surface area contributed by atoms with Gasteiger partial charge in [0.05, 0.1) is 6.61 Å². The van der Waals surface area contributed by atoms with Gasteiger partial charge in [0.15, 0.2) is 17.8 Å². The molecule has 1 saturated heterocycles. The van der Waals surface area contributed by atoms with Gasteiger partial charge in [-0.1, -0.05) is 0 Å². The molecule has 0 bridgehead atoms. The highest BCUT2D eigenvalue weighted by Gasteiger charge is 2.43. The van der Waals surface area contributed by atoms with E-state index < -0.39 is 37.3 Å². The molecule has 2 aliphatic rings. The van der Waals surface area contributed by atoms with E-state index in [2.05, 4.69) is 4.99 Å². The molecule has 1 fully saturated rings. The van der Waals surface area contributed by atoms with Gasteiger partial charge in [-0.2, -0.15) is 0 Å². The van der Waals surface area contributed by atoms with E-state index in [0.717, 1.165) is 0 Å². The van der Waals surface area contributed by atoms with Gasteiger partial charge in [-0.05, 0) is 23.8 Å². The van der Waals surface area contributed by atoms with Crippen LogP contribution < -0.4 is 9.47 Å². The van der Waals surface area contributed by atoms with Crippen LogP contribution in [-0.4, -0.2) is 70.7 Å². The van der Waals surface area contributed by atoms with E-state index in [9.17, 15) is 15.3 Å². The molecule has 1 unspecified atom stereocenters. The fraction of sp³-hybridized carbons (Fsp3) is 0.500. The van der Waals surface area contributed by atoms with Crippen LogP contribution in [0.25, 0.3) is 0 Å². The largest absolute Gasteiger partial charge is 0.454 e. The van der Waals surface area contributed by atoms with Gasteiger partial charge < -0.3 is 34.6 Å². The third-order valence-electron chi connectivity index (χ3n) is 3.66. The SMILES string of the molecule is OCC1O[C@@H](O)[C@H](N=Cc2ccc3c(c2)OCO3)[C@@H](O)[C@@H]1O. The molecule has 0 aliphatic carbocycles. The summed E-state index contributed by atoms with van der Waals surface area (Å²) in [5.41, 5.74) is 0.683. The number of nitrogens with zero attached hydrogens (tertiary/aromatic N) is 1. The Morgan fingerprint density at radius 1 is 1.14 bits per heavy atom. The van der Waals surface area contributed by atoms with Gasteiger partial charge in [0.1, 0.15) is 24.4 Å². The topological polar surface area (TPSA) is 121 Å². The van der Waals surface area contributed by atoms with E-state index in [1.54, 1.807) is 18.2 Å². The summed E-state index contributed by atoms with van der Waals surface area (Å²) in [7, 11) is 0. The molecule has 0 radical (unpaired) electrons. The van der Waals surface area contributed by atoms with E-state index in [1.165, 1.54) is 6.21 Å². The van der Waals surface area contributed by atoms with Gasteiger partial charge in [-0.15, -0.1) is 0 Å². The van der Waals surface area contributed by atoms with Crippen molar-refractivity contribution in [3.05, 3.63) is 23.8 Å². The summed E-state index contributed by atoms with van der Waals surface area (Å²) < 4.78 is 15.5. The Hall–Kier alpha value is -1.71. The van der Waals surface area contributed by atoms with Gasteiger partial charge in [0.25, 0.3) is 0 Å². The van der Waals surface area contributed by atoms with E-state index in [4.69, 9.17) is 19.3 Å². The number of hydrogen-bond donors (Lipinski definition) is 4. The van der Waals surface area contributed by atoms with E-state index >= 15 is 0 Å². The lowest BCUT2D eigenvalue weighted by molar-refractivity contribution is -0.248. The lowest BCUT2D eigenvalue weighted by Gasteiger charge is -2.38. The Morgan fingerprint density at radius 2 is 1.91 bits per heavy atom. The Kier molecular flexibility index (Phi) is 4.27. The first-order valence-electron chi connectivity index (χ1n) is 6.83. The molecule has 120 valence electrons. The molecule has 1 aromatic carbocycles. The molecule has 4 N–H and O–H groups in total. The minimum absolute atomic E-state index is 0.165. The molecule has 8 heteroatoms. The molecule has 8 nitrogen and oxygen atoms in total. The molecule has 2 heterocycles. The van der Waals surface area contributed by atoms with Crippen molar-refractivity contribution in [2.45, 2.75) is 30.6 Å². The van der Waals surface area contributed by atoms with Crippen LogP contribution >= 0.6 is 0 Å². The van der Waals surface area contributed by atoms with Gasteiger partial charge in [0.2, 0.25) is 6.79 Å². The average molecular weight is 311 g/mol. The zero-order valence-electron chi connectivity index (χ0n) is 11.6. The lowest BCUT2D eigenvalue weighted by atomic mass is 9.97. The summed E-state index contributed by atoms with van der Waals surface area (Å²) in [4.78, 5) is 4.07. The Balaban J connectivity index is 1.74. The minimum Gasteiger partial charge on any atom is -0.454 e. The van der Waals surface area contributed by atoms with E-state index in [-0.39, 0.29) is 6.79 Å². The summed E-state index contributed by atoms with van der Waals surface area (Å²) in [5, 5.41) is 38.6. The summed E-state index contributed by atoms with van der Waals surface area (Å²) in [6.45, 7) is -0.341. The molecule has 2 aliphatic heterocycles. The van der Waals surface area contributed by atoms with Crippen LogP contribution in [0.5, 0.6) is 11.5 Å². The highest BCUT2D eigenvalue weighted by Crippen LogP contribution is 2.32. The normalized spacial score (nSPS) is 34.3. The molecule has 5 atom stereocenters. The van der Waals surface area contributed by atoms with Crippen molar-refractivity contribution in [1.82, 2.24) is 0 Å². The first-order chi connectivity index (χ1) is 10.6. The Morgan fingerprint density at radius 3 is 2.68 bits per heavy atom. The zero-order chi connectivity index (χ0) is 15.7. The van der Waals surface area contributed by atoms with E-state index in [1.807, 2.05) is 0 Å². The highest BCUT2D eigenvalue weighted by atomic mass is 16.7.